The second-order valence-corrected chi connectivity index (χ2v) is 9.00. The third kappa shape index (κ3) is 13.6. The Hall–Kier alpha value is 0.220. The average molecular weight is 365 g/mol. The van der Waals surface area contributed by atoms with Gasteiger partial charge in [-0.2, -0.15) is 23.5 Å². The largest absolute Gasteiger partial charge is 0.282 e. The summed E-state index contributed by atoms with van der Waals surface area (Å²) in [5, 5.41) is 0.209. The summed E-state index contributed by atoms with van der Waals surface area (Å²) in [6.45, 7) is 10.8. The predicted octanol–water partition coefficient (Wildman–Crippen LogP) is 4.51. The molecular formula is C15H24O2S4. The molecule has 6 heteroatoms. The van der Waals surface area contributed by atoms with Gasteiger partial charge in [0.15, 0.2) is 0 Å². The Kier molecular flexibility index (Phi) is 14.0. The van der Waals surface area contributed by atoms with Gasteiger partial charge < -0.3 is 0 Å². The molecule has 120 valence electrons. The number of thioether (sulfide) groups is 4. The van der Waals surface area contributed by atoms with Gasteiger partial charge in [-0.3, -0.25) is 9.59 Å². The molecule has 21 heavy (non-hydrogen) atoms. The van der Waals surface area contributed by atoms with Gasteiger partial charge in [-0.05, 0) is 42.9 Å². The van der Waals surface area contributed by atoms with E-state index in [1.54, 1.807) is 13.8 Å². The van der Waals surface area contributed by atoms with Crippen molar-refractivity contribution in [2.45, 2.75) is 20.3 Å². The van der Waals surface area contributed by atoms with Gasteiger partial charge in [0, 0.05) is 23.0 Å². The summed E-state index contributed by atoms with van der Waals surface area (Å²) in [5.74, 6) is 6.01. The minimum atomic E-state index is 0.105. The minimum absolute atomic E-state index is 0.105. The SMILES string of the molecule is C=C(C)C(=O)SCCSCCCSCCSC(=O)C(=C)C. The first-order valence-corrected chi connectivity index (χ1v) is 11.0. The van der Waals surface area contributed by atoms with E-state index in [0.717, 1.165) is 34.5 Å². The van der Waals surface area contributed by atoms with Crippen LogP contribution in [0.15, 0.2) is 24.3 Å². The van der Waals surface area contributed by atoms with Crippen molar-refractivity contribution in [1.82, 2.24) is 0 Å². The molecule has 0 fully saturated rings. The Balaban J connectivity index is 3.23. The van der Waals surface area contributed by atoms with E-state index in [1.807, 2.05) is 23.5 Å². The fraction of sp³-hybridized carbons (Fsp3) is 0.600. The molecule has 0 saturated carbocycles. The minimum Gasteiger partial charge on any atom is -0.282 e. The van der Waals surface area contributed by atoms with Crippen LogP contribution in [-0.4, -0.2) is 44.7 Å². The molecule has 0 N–H and O–H groups in total. The number of hydrogen-bond acceptors (Lipinski definition) is 6. The topological polar surface area (TPSA) is 34.1 Å². The van der Waals surface area contributed by atoms with Gasteiger partial charge in [-0.1, -0.05) is 36.7 Å². The highest BCUT2D eigenvalue weighted by molar-refractivity contribution is 8.15. The normalized spacial score (nSPS) is 10.4. The number of hydrogen-bond donors (Lipinski definition) is 0. The van der Waals surface area contributed by atoms with Crippen LogP contribution in [0.5, 0.6) is 0 Å². The van der Waals surface area contributed by atoms with E-state index in [0.29, 0.717) is 11.1 Å². The Morgan fingerprint density at radius 1 is 0.714 bits per heavy atom. The van der Waals surface area contributed by atoms with Gasteiger partial charge in [0.05, 0.1) is 0 Å². The number of carbonyl (C=O) groups excluding carboxylic acids is 2. The molecule has 0 radical (unpaired) electrons. The lowest BCUT2D eigenvalue weighted by atomic mass is 10.4. The molecule has 0 aromatic carbocycles. The molecule has 0 bridgehead atoms. The first kappa shape index (κ1) is 21.2. The first-order chi connectivity index (χ1) is 9.95. The second kappa shape index (κ2) is 13.9. The number of carbonyl (C=O) groups is 2. The summed E-state index contributed by atoms with van der Waals surface area (Å²) in [5.41, 5.74) is 1.26. The van der Waals surface area contributed by atoms with Crippen LogP contribution in [0.4, 0.5) is 0 Å². The molecule has 0 aromatic rings. The van der Waals surface area contributed by atoms with Gasteiger partial charge in [0.2, 0.25) is 10.2 Å². The lowest BCUT2D eigenvalue weighted by Gasteiger charge is -2.03. The Morgan fingerprint density at radius 2 is 1.10 bits per heavy atom. The fourth-order valence-electron chi connectivity index (χ4n) is 1.10. The van der Waals surface area contributed by atoms with E-state index in [1.165, 1.54) is 29.9 Å². The first-order valence-electron chi connectivity index (χ1n) is 6.76. The highest BCUT2D eigenvalue weighted by Gasteiger charge is 2.03. The summed E-state index contributed by atoms with van der Waals surface area (Å²) in [6, 6.07) is 0. The molecule has 0 rings (SSSR count). The molecule has 0 aromatic heterocycles. The Morgan fingerprint density at radius 3 is 1.43 bits per heavy atom. The van der Waals surface area contributed by atoms with Crippen LogP contribution in [0, 0.1) is 0 Å². The van der Waals surface area contributed by atoms with Crippen molar-refractivity contribution >= 4 is 57.3 Å². The lowest BCUT2D eigenvalue weighted by Crippen LogP contribution is -1.97. The smallest absolute Gasteiger partial charge is 0.214 e. The fourth-order valence-corrected chi connectivity index (χ4v) is 4.86. The maximum absolute atomic E-state index is 11.3. The van der Waals surface area contributed by atoms with E-state index in [4.69, 9.17) is 0 Å². The Labute approximate surface area is 145 Å². The van der Waals surface area contributed by atoms with Gasteiger partial charge in [0.25, 0.3) is 0 Å². The summed E-state index contributed by atoms with van der Waals surface area (Å²) in [4.78, 5) is 22.6. The molecule has 0 saturated heterocycles. The van der Waals surface area contributed by atoms with Crippen LogP contribution in [0.2, 0.25) is 0 Å². The van der Waals surface area contributed by atoms with Crippen LogP contribution in [0.25, 0.3) is 0 Å². The van der Waals surface area contributed by atoms with Crippen molar-refractivity contribution in [2.24, 2.45) is 0 Å². The molecule has 0 aliphatic rings. The molecule has 0 spiro atoms. The molecule has 0 aliphatic carbocycles. The second-order valence-electron chi connectivity index (χ2n) is 4.41. The summed E-state index contributed by atoms with van der Waals surface area (Å²) in [6.07, 6.45) is 1.17. The zero-order valence-corrected chi connectivity index (χ0v) is 16.1. The van der Waals surface area contributed by atoms with Gasteiger partial charge in [-0.15, -0.1) is 0 Å². The van der Waals surface area contributed by atoms with E-state index in [9.17, 15) is 9.59 Å². The van der Waals surface area contributed by atoms with Crippen LogP contribution >= 0.6 is 47.0 Å². The molecule has 0 unspecified atom stereocenters. The standard InChI is InChI=1S/C15H24O2S4/c1-12(2)14(16)20-10-8-18-6-5-7-19-9-11-21-15(17)13(3)4/h1,3,5-11H2,2,4H3. The van der Waals surface area contributed by atoms with Gasteiger partial charge >= 0.3 is 0 Å². The zero-order chi connectivity index (χ0) is 16.1. The maximum atomic E-state index is 11.3. The van der Waals surface area contributed by atoms with Gasteiger partial charge in [0.1, 0.15) is 0 Å². The van der Waals surface area contributed by atoms with Crippen LogP contribution < -0.4 is 0 Å². The molecule has 0 aliphatic heterocycles. The summed E-state index contributed by atoms with van der Waals surface area (Å²) >= 11 is 6.50. The molecule has 0 atom stereocenters. The third-order valence-electron chi connectivity index (χ3n) is 2.20. The van der Waals surface area contributed by atoms with E-state index in [2.05, 4.69) is 13.2 Å². The van der Waals surface area contributed by atoms with Crippen molar-refractivity contribution < 1.29 is 9.59 Å². The van der Waals surface area contributed by atoms with Crippen molar-refractivity contribution in [3.63, 3.8) is 0 Å². The van der Waals surface area contributed by atoms with E-state index in [-0.39, 0.29) is 10.2 Å². The average Bonchev–Trinajstić information content (AvgIpc) is 2.43. The summed E-state index contributed by atoms with van der Waals surface area (Å²) < 4.78 is 0. The third-order valence-corrected chi connectivity index (χ3v) is 6.89. The quantitative estimate of drug-likeness (QED) is 0.374. The summed E-state index contributed by atoms with van der Waals surface area (Å²) in [7, 11) is 0. The molecule has 0 amide bonds. The lowest BCUT2D eigenvalue weighted by molar-refractivity contribution is -0.108. The maximum Gasteiger partial charge on any atom is 0.214 e. The van der Waals surface area contributed by atoms with E-state index >= 15 is 0 Å². The van der Waals surface area contributed by atoms with Gasteiger partial charge in [-0.25, -0.2) is 0 Å². The monoisotopic (exact) mass is 364 g/mol. The predicted molar refractivity (Wildman–Crippen MR) is 104 cm³/mol. The van der Waals surface area contributed by atoms with Crippen molar-refractivity contribution in [1.29, 1.82) is 0 Å². The van der Waals surface area contributed by atoms with Crippen molar-refractivity contribution in [2.75, 3.05) is 34.5 Å². The van der Waals surface area contributed by atoms with Crippen LogP contribution in [0.3, 0.4) is 0 Å². The van der Waals surface area contributed by atoms with Crippen LogP contribution in [0.1, 0.15) is 20.3 Å². The van der Waals surface area contributed by atoms with Crippen molar-refractivity contribution in [3.8, 4) is 0 Å². The van der Waals surface area contributed by atoms with Crippen molar-refractivity contribution in [3.05, 3.63) is 24.3 Å². The highest BCUT2D eigenvalue weighted by Crippen LogP contribution is 2.15. The van der Waals surface area contributed by atoms with Crippen LogP contribution in [-0.2, 0) is 9.59 Å². The highest BCUT2D eigenvalue weighted by atomic mass is 32.2. The molecule has 2 nitrogen and oxygen atoms in total. The molecular weight excluding hydrogens is 340 g/mol. The number of rotatable bonds is 12. The Bertz CT molecular complexity index is 333. The van der Waals surface area contributed by atoms with E-state index < -0.39 is 0 Å². The zero-order valence-electron chi connectivity index (χ0n) is 12.8. The molecule has 0 heterocycles.